The van der Waals surface area contributed by atoms with Gasteiger partial charge in [-0.25, -0.2) is 4.98 Å². The molecular formula is C12H10IN3O. The maximum Gasteiger partial charge on any atom is 0.259 e. The lowest BCUT2D eigenvalue weighted by atomic mass is 10.2. The summed E-state index contributed by atoms with van der Waals surface area (Å²) in [6.45, 7) is 0. The molecular weight excluding hydrogens is 329 g/mol. The number of aromatic nitrogens is 1. The SMILES string of the molecule is Nc1ncccc1C(=O)Nc1cccc(I)c1. The Morgan fingerprint density at radius 3 is 2.82 bits per heavy atom. The summed E-state index contributed by atoms with van der Waals surface area (Å²) < 4.78 is 1.06. The minimum Gasteiger partial charge on any atom is -0.383 e. The van der Waals surface area contributed by atoms with Gasteiger partial charge in [-0.1, -0.05) is 6.07 Å². The first-order valence-electron chi connectivity index (χ1n) is 4.94. The third kappa shape index (κ3) is 2.94. The first-order valence-corrected chi connectivity index (χ1v) is 6.02. The minimum atomic E-state index is -0.252. The molecule has 0 unspecified atom stereocenters. The fraction of sp³-hybridized carbons (Fsp3) is 0. The highest BCUT2D eigenvalue weighted by molar-refractivity contribution is 14.1. The number of hydrogen-bond donors (Lipinski definition) is 2. The van der Waals surface area contributed by atoms with Crippen LogP contribution in [-0.4, -0.2) is 10.9 Å². The zero-order chi connectivity index (χ0) is 12.3. The summed E-state index contributed by atoms with van der Waals surface area (Å²) in [6.07, 6.45) is 1.55. The van der Waals surface area contributed by atoms with Crippen molar-refractivity contribution in [1.82, 2.24) is 4.98 Å². The van der Waals surface area contributed by atoms with Gasteiger partial charge in [-0.3, -0.25) is 4.79 Å². The van der Waals surface area contributed by atoms with Crippen LogP contribution in [0, 0.1) is 3.57 Å². The molecule has 0 bridgehead atoms. The molecule has 0 fully saturated rings. The van der Waals surface area contributed by atoms with Gasteiger partial charge in [-0.05, 0) is 52.9 Å². The van der Waals surface area contributed by atoms with Crippen LogP contribution < -0.4 is 11.1 Å². The largest absolute Gasteiger partial charge is 0.383 e. The molecule has 0 aliphatic rings. The first-order chi connectivity index (χ1) is 8.16. The Kier molecular flexibility index (Phi) is 3.58. The third-order valence-electron chi connectivity index (χ3n) is 2.17. The molecule has 86 valence electrons. The molecule has 1 amide bonds. The molecule has 4 nitrogen and oxygen atoms in total. The monoisotopic (exact) mass is 339 g/mol. The van der Waals surface area contributed by atoms with Gasteiger partial charge in [-0.2, -0.15) is 0 Å². The number of nitrogen functional groups attached to an aromatic ring is 1. The third-order valence-corrected chi connectivity index (χ3v) is 2.84. The summed E-state index contributed by atoms with van der Waals surface area (Å²) in [5, 5.41) is 2.78. The van der Waals surface area contributed by atoms with E-state index in [2.05, 4.69) is 32.9 Å². The highest BCUT2D eigenvalue weighted by atomic mass is 127. The Morgan fingerprint density at radius 2 is 2.12 bits per heavy atom. The molecule has 0 aliphatic carbocycles. The lowest BCUT2D eigenvalue weighted by Gasteiger charge is -2.06. The van der Waals surface area contributed by atoms with E-state index in [1.54, 1.807) is 18.3 Å². The van der Waals surface area contributed by atoms with Gasteiger partial charge < -0.3 is 11.1 Å². The predicted octanol–water partition coefficient (Wildman–Crippen LogP) is 2.52. The van der Waals surface area contributed by atoms with Crippen LogP contribution in [-0.2, 0) is 0 Å². The number of nitrogens with one attached hydrogen (secondary N) is 1. The van der Waals surface area contributed by atoms with Gasteiger partial charge in [-0.15, -0.1) is 0 Å². The quantitative estimate of drug-likeness (QED) is 0.827. The van der Waals surface area contributed by atoms with E-state index >= 15 is 0 Å². The van der Waals surface area contributed by atoms with E-state index in [0.717, 1.165) is 9.26 Å². The number of hydrogen-bond acceptors (Lipinski definition) is 3. The standard InChI is InChI=1S/C12H10IN3O/c13-8-3-1-4-9(7-8)16-12(17)10-5-2-6-15-11(10)14/h1-7H,(H2,14,15)(H,16,17). The highest BCUT2D eigenvalue weighted by Crippen LogP contribution is 2.15. The summed E-state index contributed by atoms with van der Waals surface area (Å²) >= 11 is 2.19. The van der Waals surface area contributed by atoms with E-state index in [9.17, 15) is 4.79 Å². The van der Waals surface area contributed by atoms with Gasteiger partial charge >= 0.3 is 0 Å². The van der Waals surface area contributed by atoms with Crippen molar-refractivity contribution in [2.45, 2.75) is 0 Å². The summed E-state index contributed by atoms with van der Waals surface area (Å²) in [5.74, 6) is -0.0202. The van der Waals surface area contributed by atoms with E-state index < -0.39 is 0 Å². The van der Waals surface area contributed by atoms with Crippen LogP contribution in [0.5, 0.6) is 0 Å². The molecule has 2 aromatic rings. The van der Waals surface area contributed by atoms with Crippen molar-refractivity contribution in [1.29, 1.82) is 0 Å². The average molecular weight is 339 g/mol. The molecule has 0 saturated carbocycles. The summed E-state index contributed by atoms with van der Waals surface area (Å²) in [6, 6.07) is 10.9. The van der Waals surface area contributed by atoms with Crippen LogP contribution in [0.4, 0.5) is 11.5 Å². The molecule has 1 heterocycles. The minimum absolute atomic E-state index is 0.232. The zero-order valence-corrected chi connectivity index (χ0v) is 11.0. The Hall–Kier alpha value is -1.63. The molecule has 0 atom stereocenters. The molecule has 17 heavy (non-hydrogen) atoms. The summed E-state index contributed by atoms with van der Waals surface area (Å²) in [5.41, 5.74) is 6.75. The number of benzene rings is 1. The molecule has 0 spiro atoms. The van der Waals surface area contributed by atoms with Crippen LogP contribution in [0.2, 0.25) is 0 Å². The molecule has 0 radical (unpaired) electrons. The summed E-state index contributed by atoms with van der Waals surface area (Å²) in [4.78, 5) is 15.8. The lowest BCUT2D eigenvalue weighted by Crippen LogP contribution is -2.14. The van der Waals surface area contributed by atoms with Gasteiger partial charge in [0, 0.05) is 15.5 Å². The lowest BCUT2D eigenvalue weighted by molar-refractivity contribution is 0.102. The maximum absolute atomic E-state index is 11.9. The second-order valence-electron chi connectivity index (χ2n) is 3.40. The number of carbonyl (C=O) groups excluding carboxylic acids is 1. The van der Waals surface area contributed by atoms with Gasteiger partial charge in [0.05, 0.1) is 5.56 Å². The number of pyridine rings is 1. The number of halogens is 1. The second kappa shape index (κ2) is 5.13. The number of carbonyl (C=O) groups is 1. The molecule has 2 rings (SSSR count). The summed E-state index contributed by atoms with van der Waals surface area (Å²) in [7, 11) is 0. The number of rotatable bonds is 2. The number of nitrogens with two attached hydrogens (primary N) is 1. The highest BCUT2D eigenvalue weighted by Gasteiger charge is 2.09. The fourth-order valence-corrected chi connectivity index (χ4v) is 1.92. The second-order valence-corrected chi connectivity index (χ2v) is 4.65. The van der Waals surface area contributed by atoms with E-state index in [0.29, 0.717) is 5.56 Å². The molecule has 1 aromatic heterocycles. The molecule has 0 aliphatic heterocycles. The molecule has 3 N–H and O–H groups in total. The van der Waals surface area contributed by atoms with Crippen molar-refractivity contribution in [2.24, 2.45) is 0 Å². The van der Waals surface area contributed by atoms with Crippen molar-refractivity contribution in [2.75, 3.05) is 11.1 Å². The Bertz CT molecular complexity index is 557. The maximum atomic E-state index is 11.9. The zero-order valence-electron chi connectivity index (χ0n) is 8.85. The fourth-order valence-electron chi connectivity index (χ4n) is 1.37. The molecule has 0 saturated heterocycles. The van der Waals surface area contributed by atoms with E-state index in [4.69, 9.17) is 5.73 Å². The van der Waals surface area contributed by atoms with Crippen molar-refractivity contribution in [3.8, 4) is 0 Å². The van der Waals surface area contributed by atoms with Crippen LogP contribution in [0.15, 0.2) is 42.6 Å². The molecule has 5 heteroatoms. The van der Waals surface area contributed by atoms with E-state index in [1.165, 1.54) is 0 Å². The average Bonchev–Trinajstić information content (AvgIpc) is 2.29. The smallest absolute Gasteiger partial charge is 0.259 e. The Morgan fingerprint density at radius 1 is 1.29 bits per heavy atom. The predicted molar refractivity (Wildman–Crippen MR) is 75.8 cm³/mol. The van der Waals surface area contributed by atoms with Crippen molar-refractivity contribution < 1.29 is 4.79 Å². The van der Waals surface area contributed by atoms with E-state index in [1.807, 2.05) is 24.3 Å². The van der Waals surface area contributed by atoms with E-state index in [-0.39, 0.29) is 11.7 Å². The van der Waals surface area contributed by atoms with Crippen molar-refractivity contribution in [3.05, 3.63) is 51.7 Å². The number of amides is 1. The normalized spacial score (nSPS) is 9.94. The van der Waals surface area contributed by atoms with Crippen LogP contribution >= 0.6 is 22.6 Å². The Labute approximate surface area is 112 Å². The van der Waals surface area contributed by atoms with Crippen molar-refractivity contribution >= 4 is 40.0 Å². The van der Waals surface area contributed by atoms with Gasteiger partial charge in [0.1, 0.15) is 5.82 Å². The van der Waals surface area contributed by atoms with Crippen LogP contribution in [0.25, 0.3) is 0 Å². The van der Waals surface area contributed by atoms with Crippen molar-refractivity contribution in [3.63, 3.8) is 0 Å². The van der Waals surface area contributed by atoms with Gasteiger partial charge in [0.15, 0.2) is 0 Å². The van der Waals surface area contributed by atoms with Gasteiger partial charge in [0.2, 0.25) is 0 Å². The van der Waals surface area contributed by atoms with Crippen LogP contribution in [0.3, 0.4) is 0 Å². The first kappa shape index (κ1) is 11.8. The van der Waals surface area contributed by atoms with Gasteiger partial charge in [0.25, 0.3) is 5.91 Å². The number of nitrogens with zero attached hydrogens (tertiary/aromatic N) is 1. The number of anilines is 2. The van der Waals surface area contributed by atoms with Crippen LogP contribution in [0.1, 0.15) is 10.4 Å². The Balaban J connectivity index is 2.20. The molecule has 1 aromatic carbocycles. The topological polar surface area (TPSA) is 68.0 Å².